The Labute approximate surface area is 131 Å². The molecule has 1 aliphatic rings. The summed E-state index contributed by atoms with van der Waals surface area (Å²) in [5.41, 5.74) is 0.410. The van der Waals surface area contributed by atoms with E-state index in [1.54, 1.807) is 6.08 Å². The normalized spacial score (nSPS) is 23.5. The molecule has 2 rings (SSSR count). The maximum Gasteiger partial charge on any atom is 0.174 e. The highest BCUT2D eigenvalue weighted by atomic mass is 32.2. The number of hydrogen-bond acceptors (Lipinski definition) is 3. The molecule has 1 aromatic rings. The Bertz CT molecular complexity index is 628. The van der Waals surface area contributed by atoms with Crippen molar-refractivity contribution in [3.05, 3.63) is 43.0 Å². The molecule has 1 fully saturated rings. The van der Waals surface area contributed by atoms with E-state index < -0.39 is 15.4 Å². The second-order valence-electron chi connectivity index (χ2n) is 5.53. The molecule has 1 atom stereocenters. The largest absolute Gasteiger partial charge is 0.339 e. The fourth-order valence-corrected chi connectivity index (χ4v) is 5.15. The van der Waals surface area contributed by atoms with E-state index in [9.17, 15) is 8.42 Å². The number of hydrogen-bond donors (Lipinski definition) is 1. The van der Waals surface area contributed by atoms with Crippen molar-refractivity contribution in [3.8, 4) is 0 Å². The van der Waals surface area contributed by atoms with Gasteiger partial charge in [0.25, 0.3) is 0 Å². The molecule has 1 heterocycles. The summed E-state index contributed by atoms with van der Waals surface area (Å²) in [5, 5.41) is 3.70. The average Bonchev–Trinajstić information content (AvgIpc) is 2.72. The van der Waals surface area contributed by atoms with E-state index in [1.165, 1.54) is 0 Å². The molecule has 114 valence electrons. The highest BCUT2D eigenvalue weighted by Crippen LogP contribution is 2.30. The highest BCUT2D eigenvalue weighted by molar-refractivity contribution is 7.91. The van der Waals surface area contributed by atoms with Gasteiger partial charge in [0.2, 0.25) is 0 Å². The van der Waals surface area contributed by atoms with E-state index in [0.717, 1.165) is 5.69 Å². The Morgan fingerprint density at radius 1 is 1.48 bits per heavy atom. The number of nitrogens with zero attached hydrogens (tertiary/aromatic N) is 1. The predicted molar refractivity (Wildman–Crippen MR) is 91.2 cm³/mol. The van der Waals surface area contributed by atoms with Crippen molar-refractivity contribution in [2.24, 2.45) is 0 Å². The molecule has 0 radical (unpaired) electrons. The minimum absolute atomic E-state index is 0.129. The third kappa shape index (κ3) is 3.83. The maximum atomic E-state index is 11.8. The van der Waals surface area contributed by atoms with Gasteiger partial charge in [0, 0.05) is 12.2 Å². The molecule has 0 aromatic heterocycles. The van der Waals surface area contributed by atoms with Gasteiger partial charge < -0.3 is 10.2 Å². The van der Waals surface area contributed by atoms with Crippen molar-refractivity contribution in [1.29, 1.82) is 0 Å². The Morgan fingerprint density at radius 3 is 2.67 bits per heavy atom. The predicted octanol–water partition coefficient (Wildman–Crippen LogP) is 2.45. The van der Waals surface area contributed by atoms with Crippen LogP contribution in [0.25, 0.3) is 0 Å². The monoisotopic (exact) mass is 324 g/mol. The van der Waals surface area contributed by atoms with Crippen LogP contribution >= 0.6 is 12.2 Å². The molecule has 0 unspecified atom stereocenters. The van der Waals surface area contributed by atoms with Crippen LogP contribution in [-0.4, -0.2) is 42.0 Å². The van der Waals surface area contributed by atoms with Crippen molar-refractivity contribution in [3.63, 3.8) is 0 Å². The van der Waals surface area contributed by atoms with Gasteiger partial charge in [-0.25, -0.2) is 8.42 Å². The molecule has 0 amide bonds. The SMILES string of the molecule is C=CCN(C(=S)Nc1ccccc1)[C@@]1(C)CCS(=O)(=O)C1. The summed E-state index contributed by atoms with van der Waals surface area (Å²) in [6, 6.07) is 9.62. The number of thiocarbonyl (C=S) groups is 1. The van der Waals surface area contributed by atoms with Gasteiger partial charge in [-0.1, -0.05) is 24.3 Å². The zero-order valence-electron chi connectivity index (χ0n) is 12.1. The van der Waals surface area contributed by atoms with Crippen LogP contribution in [0.2, 0.25) is 0 Å². The quantitative estimate of drug-likeness (QED) is 0.681. The molecule has 0 spiro atoms. The van der Waals surface area contributed by atoms with Crippen LogP contribution in [-0.2, 0) is 9.84 Å². The second-order valence-corrected chi connectivity index (χ2v) is 8.11. The Morgan fingerprint density at radius 2 is 2.14 bits per heavy atom. The Kier molecular flexibility index (Phi) is 4.68. The summed E-state index contributed by atoms with van der Waals surface area (Å²) in [5.74, 6) is 0.343. The third-order valence-electron chi connectivity index (χ3n) is 3.72. The molecule has 1 N–H and O–H groups in total. The summed E-state index contributed by atoms with van der Waals surface area (Å²) < 4.78 is 23.6. The van der Waals surface area contributed by atoms with Gasteiger partial charge in [-0.15, -0.1) is 6.58 Å². The molecule has 1 aromatic carbocycles. The number of nitrogens with one attached hydrogen (secondary N) is 1. The lowest BCUT2D eigenvalue weighted by molar-refractivity contribution is 0.244. The molecule has 1 aliphatic heterocycles. The molecule has 21 heavy (non-hydrogen) atoms. The van der Waals surface area contributed by atoms with Crippen molar-refractivity contribution in [2.45, 2.75) is 18.9 Å². The Hall–Kier alpha value is -1.40. The lowest BCUT2D eigenvalue weighted by Crippen LogP contribution is -2.52. The summed E-state index contributed by atoms with van der Waals surface area (Å²) in [4.78, 5) is 1.92. The molecule has 0 aliphatic carbocycles. The zero-order valence-corrected chi connectivity index (χ0v) is 13.7. The number of sulfone groups is 1. The van der Waals surface area contributed by atoms with E-state index in [1.807, 2.05) is 42.2 Å². The first kappa shape index (κ1) is 16.0. The van der Waals surface area contributed by atoms with Crippen molar-refractivity contribution >= 4 is 32.9 Å². The van der Waals surface area contributed by atoms with Gasteiger partial charge in [-0.2, -0.15) is 0 Å². The first-order chi connectivity index (χ1) is 9.86. The molecule has 4 nitrogen and oxygen atoms in total. The van der Waals surface area contributed by atoms with Crippen LogP contribution in [0.4, 0.5) is 5.69 Å². The first-order valence-electron chi connectivity index (χ1n) is 6.81. The number of rotatable bonds is 4. The summed E-state index contributed by atoms with van der Waals surface area (Å²) >= 11 is 5.48. The molecule has 0 saturated carbocycles. The summed E-state index contributed by atoms with van der Waals surface area (Å²) in [6.45, 7) is 6.21. The van der Waals surface area contributed by atoms with E-state index in [2.05, 4.69) is 11.9 Å². The van der Waals surface area contributed by atoms with Gasteiger partial charge >= 0.3 is 0 Å². The van der Waals surface area contributed by atoms with E-state index >= 15 is 0 Å². The van der Waals surface area contributed by atoms with Crippen molar-refractivity contribution in [1.82, 2.24) is 4.90 Å². The average molecular weight is 324 g/mol. The van der Waals surface area contributed by atoms with Crippen molar-refractivity contribution in [2.75, 3.05) is 23.4 Å². The summed E-state index contributed by atoms with van der Waals surface area (Å²) in [6.07, 6.45) is 2.33. The van der Waals surface area contributed by atoms with Gasteiger partial charge in [0.15, 0.2) is 14.9 Å². The van der Waals surface area contributed by atoms with Gasteiger partial charge in [-0.05, 0) is 37.7 Å². The van der Waals surface area contributed by atoms with Crippen molar-refractivity contribution < 1.29 is 8.42 Å². The van der Waals surface area contributed by atoms with Crippen LogP contribution < -0.4 is 5.32 Å². The van der Waals surface area contributed by atoms with Gasteiger partial charge in [0.05, 0.1) is 17.0 Å². The fourth-order valence-electron chi connectivity index (χ4n) is 2.60. The zero-order chi connectivity index (χ0) is 15.5. The van der Waals surface area contributed by atoms with Crippen LogP contribution in [0.15, 0.2) is 43.0 Å². The Balaban J connectivity index is 2.19. The van der Waals surface area contributed by atoms with E-state index in [0.29, 0.717) is 18.1 Å². The number of benzene rings is 1. The second kappa shape index (κ2) is 6.15. The van der Waals surface area contributed by atoms with Crippen LogP contribution in [0.3, 0.4) is 0 Å². The standard InChI is InChI=1S/C15H20N2O2S2/c1-3-10-17(15(2)9-11-21(18,19)12-15)14(20)16-13-7-5-4-6-8-13/h3-8H,1,9-12H2,2H3,(H,16,20)/t15-/m0/s1. The maximum absolute atomic E-state index is 11.8. The lowest BCUT2D eigenvalue weighted by atomic mass is 10.00. The topological polar surface area (TPSA) is 49.4 Å². The van der Waals surface area contributed by atoms with Gasteiger partial charge in [0.1, 0.15) is 0 Å². The fraction of sp³-hybridized carbons (Fsp3) is 0.400. The van der Waals surface area contributed by atoms with E-state index in [4.69, 9.17) is 12.2 Å². The number of para-hydroxylation sites is 1. The lowest BCUT2D eigenvalue weighted by Gasteiger charge is -2.39. The third-order valence-corrected chi connectivity index (χ3v) is 5.93. The van der Waals surface area contributed by atoms with Crippen LogP contribution in [0.5, 0.6) is 0 Å². The number of anilines is 1. The molecule has 0 bridgehead atoms. The minimum Gasteiger partial charge on any atom is -0.339 e. The van der Waals surface area contributed by atoms with Gasteiger partial charge in [-0.3, -0.25) is 0 Å². The molecule has 6 heteroatoms. The first-order valence-corrected chi connectivity index (χ1v) is 9.04. The van der Waals surface area contributed by atoms with E-state index in [-0.39, 0.29) is 11.5 Å². The van der Waals surface area contributed by atoms with Crippen LogP contribution in [0.1, 0.15) is 13.3 Å². The minimum atomic E-state index is -2.99. The molecular weight excluding hydrogens is 304 g/mol. The highest BCUT2D eigenvalue weighted by Gasteiger charge is 2.43. The van der Waals surface area contributed by atoms with Crippen LogP contribution in [0, 0.1) is 0 Å². The summed E-state index contributed by atoms with van der Waals surface area (Å²) in [7, 11) is -2.99. The smallest absolute Gasteiger partial charge is 0.174 e. The molecule has 1 saturated heterocycles. The molecular formula is C15H20N2O2S2.